The predicted molar refractivity (Wildman–Crippen MR) is 138 cm³/mol. The minimum Gasteiger partial charge on any atom is -0.494 e. The van der Waals surface area contributed by atoms with Gasteiger partial charge in [0.2, 0.25) is 0 Å². The maximum absolute atomic E-state index is 5.54. The van der Waals surface area contributed by atoms with Crippen LogP contribution >= 0.6 is 24.0 Å². The molecule has 1 aromatic carbocycles. The van der Waals surface area contributed by atoms with Crippen LogP contribution < -0.4 is 10.1 Å². The highest BCUT2D eigenvalue weighted by atomic mass is 127. The van der Waals surface area contributed by atoms with Gasteiger partial charge in [0.25, 0.3) is 0 Å². The van der Waals surface area contributed by atoms with Crippen LogP contribution in [0.2, 0.25) is 0 Å². The molecule has 0 amide bonds. The van der Waals surface area contributed by atoms with E-state index in [2.05, 4.69) is 60.0 Å². The van der Waals surface area contributed by atoms with Crippen molar-refractivity contribution in [3.8, 4) is 5.75 Å². The average Bonchev–Trinajstić information content (AvgIpc) is 2.73. The summed E-state index contributed by atoms with van der Waals surface area (Å²) in [6, 6.07) is 8.33. The van der Waals surface area contributed by atoms with E-state index in [9.17, 15) is 0 Å². The molecule has 1 aromatic rings. The van der Waals surface area contributed by atoms with Crippen LogP contribution in [0.25, 0.3) is 0 Å². The lowest BCUT2D eigenvalue weighted by molar-refractivity contribution is 0.125. The molecule has 0 aromatic heterocycles. The van der Waals surface area contributed by atoms with Gasteiger partial charge in [0.05, 0.1) is 6.61 Å². The molecule has 1 saturated heterocycles. The predicted octanol–water partition coefficient (Wildman–Crippen LogP) is 3.37. The first-order valence-electron chi connectivity index (χ1n) is 11.2. The molecule has 0 saturated carbocycles. The van der Waals surface area contributed by atoms with Crippen molar-refractivity contribution >= 4 is 29.9 Å². The highest BCUT2D eigenvalue weighted by molar-refractivity contribution is 14.0. The number of aliphatic imine (C=N–C) groups is 1. The number of hydrogen-bond donors (Lipinski definition) is 1. The Balaban J connectivity index is 0.00000450. The largest absolute Gasteiger partial charge is 0.494 e. The molecule has 1 fully saturated rings. The number of rotatable bonds is 10. The van der Waals surface area contributed by atoms with E-state index in [1.54, 1.807) is 0 Å². The van der Waals surface area contributed by atoms with E-state index in [0.29, 0.717) is 12.5 Å². The SMILES string of the molecule is CCNC(=NCC(C)CN1CCN(CC)CC1)N(C)Cc1ccc(OCC)cc1.I. The van der Waals surface area contributed by atoms with Gasteiger partial charge in [-0.05, 0) is 44.0 Å². The highest BCUT2D eigenvalue weighted by Gasteiger charge is 2.17. The van der Waals surface area contributed by atoms with Crippen LogP contribution in [-0.2, 0) is 6.54 Å². The second-order valence-corrected chi connectivity index (χ2v) is 7.97. The third-order valence-electron chi connectivity index (χ3n) is 5.39. The third kappa shape index (κ3) is 9.39. The standard InChI is InChI=1S/C23H41N5O.HI/c1-6-24-23(26(5)19-21-9-11-22(12-10-21)29-8-3)25-17-20(4)18-28-15-13-27(7-2)14-16-28;/h9-12,20H,6-8,13-19H2,1-5H3,(H,24,25);1H. The van der Waals surface area contributed by atoms with Crippen LogP contribution in [0, 0.1) is 5.92 Å². The van der Waals surface area contributed by atoms with Crippen molar-refractivity contribution in [1.82, 2.24) is 20.0 Å². The summed E-state index contributed by atoms with van der Waals surface area (Å²) in [6.07, 6.45) is 0. The van der Waals surface area contributed by atoms with E-state index in [-0.39, 0.29) is 24.0 Å². The van der Waals surface area contributed by atoms with Crippen LogP contribution in [0.5, 0.6) is 5.75 Å². The van der Waals surface area contributed by atoms with Crippen molar-refractivity contribution in [2.75, 3.05) is 66.0 Å². The number of likely N-dealkylation sites (N-methyl/N-ethyl adjacent to an activating group) is 1. The van der Waals surface area contributed by atoms with Crippen molar-refractivity contribution in [1.29, 1.82) is 0 Å². The quantitative estimate of drug-likeness (QED) is 0.285. The van der Waals surface area contributed by atoms with Crippen LogP contribution in [0.1, 0.15) is 33.3 Å². The van der Waals surface area contributed by atoms with Gasteiger partial charge in [-0.3, -0.25) is 4.99 Å². The fourth-order valence-electron chi connectivity index (χ4n) is 3.71. The third-order valence-corrected chi connectivity index (χ3v) is 5.39. The molecule has 1 heterocycles. The molecule has 1 unspecified atom stereocenters. The van der Waals surface area contributed by atoms with E-state index in [4.69, 9.17) is 9.73 Å². The molecule has 1 aliphatic rings. The molecule has 172 valence electrons. The Morgan fingerprint density at radius 2 is 1.73 bits per heavy atom. The van der Waals surface area contributed by atoms with E-state index >= 15 is 0 Å². The van der Waals surface area contributed by atoms with Crippen molar-refractivity contribution in [3.63, 3.8) is 0 Å². The molecule has 1 aliphatic heterocycles. The minimum absolute atomic E-state index is 0. The zero-order chi connectivity index (χ0) is 21.1. The average molecular weight is 532 g/mol. The molecule has 1 N–H and O–H groups in total. The Kier molecular flexibility index (Phi) is 13.4. The summed E-state index contributed by atoms with van der Waals surface area (Å²) in [5.41, 5.74) is 1.25. The summed E-state index contributed by atoms with van der Waals surface area (Å²) in [7, 11) is 2.10. The van der Waals surface area contributed by atoms with E-state index in [0.717, 1.165) is 37.9 Å². The van der Waals surface area contributed by atoms with Gasteiger partial charge in [-0.2, -0.15) is 0 Å². The lowest BCUT2D eigenvalue weighted by atomic mass is 10.1. The van der Waals surface area contributed by atoms with Crippen molar-refractivity contribution in [3.05, 3.63) is 29.8 Å². The number of piperazine rings is 1. The van der Waals surface area contributed by atoms with Crippen LogP contribution in [-0.4, -0.2) is 86.7 Å². The molecular formula is C23H42IN5O. The lowest BCUT2D eigenvalue weighted by Gasteiger charge is -2.35. The Labute approximate surface area is 201 Å². The minimum atomic E-state index is 0. The maximum atomic E-state index is 5.54. The van der Waals surface area contributed by atoms with Gasteiger partial charge < -0.3 is 24.8 Å². The van der Waals surface area contributed by atoms with Gasteiger partial charge in [0.1, 0.15) is 5.75 Å². The Morgan fingerprint density at radius 1 is 1.10 bits per heavy atom. The number of hydrogen-bond acceptors (Lipinski definition) is 4. The summed E-state index contributed by atoms with van der Waals surface area (Å²) in [4.78, 5) is 12.2. The molecule has 0 spiro atoms. The number of halogens is 1. The molecule has 0 radical (unpaired) electrons. The van der Waals surface area contributed by atoms with E-state index < -0.39 is 0 Å². The maximum Gasteiger partial charge on any atom is 0.193 e. The summed E-state index contributed by atoms with van der Waals surface area (Å²) < 4.78 is 5.54. The Hall–Kier alpha value is -1.06. The Bertz CT molecular complexity index is 602. The molecule has 0 aliphatic carbocycles. The van der Waals surface area contributed by atoms with Crippen molar-refractivity contribution in [2.45, 2.75) is 34.2 Å². The van der Waals surface area contributed by atoms with Gasteiger partial charge in [-0.15, -0.1) is 24.0 Å². The second kappa shape index (κ2) is 14.9. The highest BCUT2D eigenvalue weighted by Crippen LogP contribution is 2.13. The van der Waals surface area contributed by atoms with Gasteiger partial charge in [0, 0.05) is 59.4 Å². The van der Waals surface area contributed by atoms with E-state index in [1.807, 2.05) is 19.1 Å². The number of guanidine groups is 1. The second-order valence-electron chi connectivity index (χ2n) is 7.97. The molecule has 0 bridgehead atoms. The monoisotopic (exact) mass is 531 g/mol. The molecule has 30 heavy (non-hydrogen) atoms. The van der Waals surface area contributed by atoms with Crippen LogP contribution in [0.15, 0.2) is 29.3 Å². The van der Waals surface area contributed by atoms with Crippen LogP contribution in [0.3, 0.4) is 0 Å². The topological polar surface area (TPSA) is 43.3 Å². The molecule has 1 atom stereocenters. The first-order valence-corrected chi connectivity index (χ1v) is 11.2. The number of nitrogens with one attached hydrogen (secondary N) is 1. The molecule has 7 heteroatoms. The van der Waals surface area contributed by atoms with Crippen molar-refractivity contribution < 1.29 is 4.74 Å². The molecular weight excluding hydrogens is 489 g/mol. The first kappa shape index (κ1) is 27.0. The zero-order valence-corrected chi connectivity index (χ0v) is 21.9. The number of nitrogens with zero attached hydrogens (tertiary/aromatic N) is 4. The van der Waals surface area contributed by atoms with E-state index in [1.165, 1.54) is 38.3 Å². The smallest absolute Gasteiger partial charge is 0.193 e. The molecule has 2 rings (SSSR count). The van der Waals surface area contributed by atoms with Gasteiger partial charge in [-0.1, -0.05) is 26.0 Å². The number of ether oxygens (including phenoxy) is 1. The zero-order valence-electron chi connectivity index (χ0n) is 19.6. The van der Waals surface area contributed by atoms with Crippen molar-refractivity contribution in [2.24, 2.45) is 10.9 Å². The summed E-state index contributed by atoms with van der Waals surface area (Å²) in [5.74, 6) is 2.45. The van der Waals surface area contributed by atoms with Gasteiger partial charge in [0.15, 0.2) is 5.96 Å². The number of benzene rings is 1. The summed E-state index contributed by atoms with van der Waals surface area (Å²) in [5, 5.41) is 3.44. The first-order chi connectivity index (χ1) is 14.0. The summed E-state index contributed by atoms with van der Waals surface area (Å²) >= 11 is 0. The molecule has 6 nitrogen and oxygen atoms in total. The van der Waals surface area contributed by atoms with Gasteiger partial charge in [-0.25, -0.2) is 0 Å². The normalized spacial score (nSPS) is 16.6. The fraction of sp³-hybridized carbons (Fsp3) is 0.696. The summed E-state index contributed by atoms with van der Waals surface area (Å²) in [6.45, 7) is 19.0. The van der Waals surface area contributed by atoms with Crippen LogP contribution in [0.4, 0.5) is 0 Å². The van der Waals surface area contributed by atoms with Gasteiger partial charge >= 0.3 is 0 Å². The lowest BCUT2D eigenvalue weighted by Crippen LogP contribution is -2.47. The Morgan fingerprint density at radius 3 is 2.30 bits per heavy atom. The fourth-order valence-corrected chi connectivity index (χ4v) is 3.71.